The summed E-state index contributed by atoms with van der Waals surface area (Å²) in [5.41, 5.74) is 1.23. The average molecular weight is 435 g/mol. The van der Waals surface area contributed by atoms with E-state index in [1.807, 2.05) is 36.9 Å². The molecule has 0 spiro atoms. The van der Waals surface area contributed by atoms with Gasteiger partial charge in [0.2, 0.25) is 0 Å². The first kappa shape index (κ1) is 22.1. The van der Waals surface area contributed by atoms with Gasteiger partial charge in [0.15, 0.2) is 12.4 Å². The third-order valence-corrected chi connectivity index (χ3v) is 5.79. The molecule has 32 heavy (non-hydrogen) atoms. The van der Waals surface area contributed by atoms with Crippen molar-refractivity contribution in [3.63, 3.8) is 0 Å². The molecule has 1 saturated heterocycles. The van der Waals surface area contributed by atoms with Crippen molar-refractivity contribution in [1.82, 2.24) is 9.80 Å². The maximum atomic E-state index is 12.6. The molecule has 0 aromatic heterocycles. The molecule has 0 saturated carbocycles. The van der Waals surface area contributed by atoms with Gasteiger partial charge in [-0.05, 0) is 31.5 Å². The summed E-state index contributed by atoms with van der Waals surface area (Å²) in [5, 5.41) is 0. The number of amides is 1. The maximum Gasteiger partial charge on any atom is 0.260 e. The van der Waals surface area contributed by atoms with Gasteiger partial charge in [-0.15, -0.1) is 0 Å². The van der Waals surface area contributed by atoms with Crippen LogP contribution in [0.1, 0.15) is 36.2 Å². The highest BCUT2D eigenvalue weighted by Gasteiger charge is 2.32. The maximum absolute atomic E-state index is 12.6. The number of carbonyl (C=O) groups excluding carboxylic acids is 2. The van der Waals surface area contributed by atoms with Gasteiger partial charge in [0.05, 0.1) is 12.0 Å². The van der Waals surface area contributed by atoms with Gasteiger partial charge in [0, 0.05) is 38.8 Å². The zero-order chi connectivity index (χ0) is 22.6. The van der Waals surface area contributed by atoms with E-state index in [1.54, 1.807) is 18.2 Å². The molecule has 0 N–H and O–H groups in total. The van der Waals surface area contributed by atoms with Crippen molar-refractivity contribution in [2.75, 3.05) is 39.3 Å². The second kappa shape index (κ2) is 9.57. The van der Waals surface area contributed by atoms with Crippen molar-refractivity contribution >= 4 is 17.8 Å². The Hall–Kier alpha value is -3.12. The van der Waals surface area contributed by atoms with E-state index in [0.29, 0.717) is 36.6 Å². The SMILES string of the molecule is CC1(C)CC(=O)c2ccc(OCC(=O)N3CCN(C/C=C/c4ccccc4)CC3)cc2O1. The number of carbonyl (C=O) groups is 2. The first-order chi connectivity index (χ1) is 15.4. The molecule has 2 aromatic rings. The van der Waals surface area contributed by atoms with Crippen LogP contribution in [0.3, 0.4) is 0 Å². The van der Waals surface area contributed by atoms with Crippen molar-refractivity contribution in [2.45, 2.75) is 25.9 Å². The Labute approximate surface area is 189 Å². The zero-order valence-corrected chi connectivity index (χ0v) is 18.8. The van der Waals surface area contributed by atoms with Gasteiger partial charge in [-0.2, -0.15) is 0 Å². The lowest BCUT2D eigenvalue weighted by Gasteiger charge is -2.34. The molecule has 0 atom stereocenters. The van der Waals surface area contributed by atoms with Gasteiger partial charge < -0.3 is 14.4 Å². The molecular weight excluding hydrogens is 404 g/mol. The minimum atomic E-state index is -0.533. The molecule has 2 aliphatic rings. The summed E-state index contributed by atoms with van der Waals surface area (Å²) in [5.74, 6) is 1.09. The van der Waals surface area contributed by atoms with E-state index < -0.39 is 5.60 Å². The third kappa shape index (κ3) is 5.56. The number of hydrogen-bond donors (Lipinski definition) is 0. The Kier molecular flexibility index (Phi) is 6.61. The molecule has 2 heterocycles. The Balaban J connectivity index is 1.23. The molecule has 1 amide bonds. The molecule has 0 bridgehead atoms. The Bertz CT molecular complexity index is 992. The number of benzene rings is 2. The van der Waals surface area contributed by atoms with Gasteiger partial charge in [0.25, 0.3) is 5.91 Å². The molecule has 0 unspecified atom stereocenters. The fourth-order valence-electron chi connectivity index (χ4n) is 4.04. The molecule has 0 aliphatic carbocycles. The summed E-state index contributed by atoms with van der Waals surface area (Å²) in [6.45, 7) is 7.70. The fraction of sp³-hybridized carbons (Fsp3) is 0.385. The highest BCUT2D eigenvalue weighted by atomic mass is 16.5. The summed E-state index contributed by atoms with van der Waals surface area (Å²) in [6.07, 6.45) is 4.65. The van der Waals surface area contributed by atoms with E-state index in [9.17, 15) is 9.59 Å². The molecule has 1 fully saturated rings. The number of nitrogens with zero attached hydrogens (tertiary/aromatic N) is 2. The number of rotatable bonds is 6. The smallest absolute Gasteiger partial charge is 0.260 e. The van der Waals surface area contributed by atoms with Crippen molar-refractivity contribution in [3.8, 4) is 11.5 Å². The molecular formula is C26H30N2O4. The molecule has 0 radical (unpaired) electrons. The quantitative estimate of drug-likeness (QED) is 0.694. The van der Waals surface area contributed by atoms with Crippen molar-refractivity contribution < 1.29 is 19.1 Å². The molecule has 2 aliphatic heterocycles. The molecule has 6 heteroatoms. The lowest BCUT2D eigenvalue weighted by molar-refractivity contribution is -0.135. The predicted octanol–water partition coefficient (Wildman–Crippen LogP) is 3.67. The largest absolute Gasteiger partial charge is 0.486 e. The van der Waals surface area contributed by atoms with Crippen molar-refractivity contribution in [1.29, 1.82) is 0 Å². The van der Waals surface area contributed by atoms with Crippen molar-refractivity contribution in [3.05, 3.63) is 65.7 Å². The van der Waals surface area contributed by atoms with Crippen LogP contribution in [0.4, 0.5) is 0 Å². The second-order valence-electron chi connectivity index (χ2n) is 8.90. The Morgan fingerprint density at radius 3 is 2.59 bits per heavy atom. The van der Waals surface area contributed by atoms with E-state index in [2.05, 4.69) is 29.2 Å². The minimum absolute atomic E-state index is 0.0238. The van der Waals surface area contributed by atoms with Crippen LogP contribution in [-0.2, 0) is 4.79 Å². The van der Waals surface area contributed by atoms with E-state index in [-0.39, 0.29) is 18.3 Å². The number of piperazine rings is 1. The van der Waals surface area contributed by atoms with Crippen LogP contribution in [0.5, 0.6) is 11.5 Å². The van der Waals surface area contributed by atoms with Crippen LogP contribution in [0.2, 0.25) is 0 Å². The molecule has 6 nitrogen and oxygen atoms in total. The molecule has 2 aromatic carbocycles. The normalized spacial score (nSPS) is 18.3. The molecule has 168 valence electrons. The van der Waals surface area contributed by atoms with Crippen LogP contribution >= 0.6 is 0 Å². The van der Waals surface area contributed by atoms with E-state index >= 15 is 0 Å². The van der Waals surface area contributed by atoms with Gasteiger partial charge in [0.1, 0.15) is 17.1 Å². The first-order valence-corrected chi connectivity index (χ1v) is 11.1. The number of fused-ring (bicyclic) bond motifs is 1. The van der Waals surface area contributed by atoms with Crippen molar-refractivity contribution in [2.24, 2.45) is 0 Å². The lowest BCUT2D eigenvalue weighted by Crippen LogP contribution is -2.49. The number of ketones is 1. The standard InChI is InChI=1S/C26H30N2O4/c1-26(2)18-23(29)22-11-10-21(17-24(22)32-26)31-19-25(30)28-15-13-27(14-16-28)12-6-9-20-7-4-3-5-8-20/h3-11,17H,12-16,18-19H2,1-2H3/b9-6+. The van der Waals surface area contributed by atoms with Crippen LogP contribution in [-0.4, -0.2) is 66.4 Å². The number of Topliss-reactive ketones (excluding diaryl/α,β-unsaturated/α-hetero) is 1. The Morgan fingerprint density at radius 1 is 1.09 bits per heavy atom. The monoisotopic (exact) mass is 434 g/mol. The van der Waals surface area contributed by atoms with Crippen LogP contribution in [0.25, 0.3) is 6.08 Å². The van der Waals surface area contributed by atoms with E-state index in [4.69, 9.17) is 9.47 Å². The zero-order valence-electron chi connectivity index (χ0n) is 18.8. The number of hydrogen-bond acceptors (Lipinski definition) is 5. The average Bonchev–Trinajstić information content (AvgIpc) is 2.77. The van der Waals surface area contributed by atoms with E-state index in [1.165, 1.54) is 5.56 Å². The van der Waals surface area contributed by atoms with Crippen LogP contribution < -0.4 is 9.47 Å². The number of ether oxygens (including phenoxy) is 2. The molecule has 4 rings (SSSR count). The summed E-state index contributed by atoms with van der Waals surface area (Å²) < 4.78 is 11.6. The highest BCUT2D eigenvalue weighted by molar-refractivity contribution is 6.00. The minimum Gasteiger partial charge on any atom is -0.486 e. The van der Waals surface area contributed by atoms with E-state index in [0.717, 1.165) is 19.6 Å². The predicted molar refractivity (Wildman–Crippen MR) is 124 cm³/mol. The summed E-state index contributed by atoms with van der Waals surface area (Å²) in [7, 11) is 0. The lowest BCUT2D eigenvalue weighted by atomic mass is 9.93. The third-order valence-electron chi connectivity index (χ3n) is 5.79. The second-order valence-corrected chi connectivity index (χ2v) is 8.90. The highest BCUT2D eigenvalue weighted by Crippen LogP contribution is 2.35. The van der Waals surface area contributed by atoms with Gasteiger partial charge in [-0.3, -0.25) is 14.5 Å². The summed E-state index contributed by atoms with van der Waals surface area (Å²) in [6, 6.07) is 15.4. The van der Waals surface area contributed by atoms with Gasteiger partial charge in [-0.1, -0.05) is 42.5 Å². The topological polar surface area (TPSA) is 59.1 Å². The fourth-order valence-corrected chi connectivity index (χ4v) is 4.04. The van der Waals surface area contributed by atoms with Crippen LogP contribution in [0.15, 0.2) is 54.6 Å². The Morgan fingerprint density at radius 2 is 1.84 bits per heavy atom. The van der Waals surface area contributed by atoms with Gasteiger partial charge in [-0.25, -0.2) is 0 Å². The van der Waals surface area contributed by atoms with Gasteiger partial charge >= 0.3 is 0 Å². The summed E-state index contributed by atoms with van der Waals surface area (Å²) >= 11 is 0. The van der Waals surface area contributed by atoms with Crippen LogP contribution in [0, 0.1) is 0 Å². The first-order valence-electron chi connectivity index (χ1n) is 11.1. The summed E-state index contributed by atoms with van der Waals surface area (Å²) in [4.78, 5) is 29.0.